The fourth-order valence-corrected chi connectivity index (χ4v) is 1.44. The van der Waals surface area contributed by atoms with Gasteiger partial charge in [-0.3, -0.25) is 4.79 Å². The molecule has 82 valence electrons. The largest absolute Gasteiger partial charge is 0.340 e. The van der Waals surface area contributed by atoms with Crippen molar-refractivity contribution in [1.82, 2.24) is 9.88 Å². The molecule has 0 atom stereocenters. The molecule has 0 radical (unpaired) electrons. The lowest BCUT2D eigenvalue weighted by Gasteiger charge is -2.18. The Labute approximate surface area is 95.1 Å². The van der Waals surface area contributed by atoms with Crippen LogP contribution in [0.25, 0.3) is 0 Å². The van der Waals surface area contributed by atoms with Crippen LogP contribution in [-0.4, -0.2) is 29.4 Å². The van der Waals surface area contributed by atoms with E-state index in [0.29, 0.717) is 16.6 Å². The molecule has 4 heteroatoms. The Hall–Kier alpha value is -1.09. The van der Waals surface area contributed by atoms with Crippen molar-refractivity contribution in [3.05, 3.63) is 29.0 Å². The van der Waals surface area contributed by atoms with Gasteiger partial charge >= 0.3 is 0 Å². The quantitative estimate of drug-likeness (QED) is 0.793. The standard InChI is InChI=1S/C11H15ClN2O/c1-8(2)7-14(3)11(15)10-5-4-9(12)6-13-10/h4-6,8H,7H2,1-3H3. The van der Waals surface area contributed by atoms with Crippen LogP contribution in [0, 0.1) is 5.92 Å². The zero-order valence-corrected chi connectivity index (χ0v) is 9.95. The Morgan fingerprint density at radius 3 is 2.67 bits per heavy atom. The highest BCUT2D eigenvalue weighted by Gasteiger charge is 2.13. The van der Waals surface area contributed by atoms with Crippen LogP contribution in [0.3, 0.4) is 0 Å². The SMILES string of the molecule is CC(C)CN(C)C(=O)c1ccc(Cl)cn1. The average Bonchev–Trinajstić information content (AvgIpc) is 2.17. The Morgan fingerprint density at radius 2 is 2.20 bits per heavy atom. The molecular weight excluding hydrogens is 212 g/mol. The molecule has 0 N–H and O–H groups in total. The van der Waals surface area contributed by atoms with E-state index >= 15 is 0 Å². The summed E-state index contributed by atoms with van der Waals surface area (Å²) in [5.74, 6) is 0.381. The lowest BCUT2D eigenvalue weighted by atomic mass is 10.2. The molecule has 0 saturated carbocycles. The van der Waals surface area contributed by atoms with Gasteiger partial charge in [-0.15, -0.1) is 0 Å². The molecule has 0 aliphatic rings. The van der Waals surface area contributed by atoms with Crippen molar-refractivity contribution in [2.45, 2.75) is 13.8 Å². The van der Waals surface area contributed by atoms with Gasteiger partial charge in [-0.25, -0.2) is 4.98 Å². The van der Waals surface area contributed by atoms with Crippen molar-refractivity contribution < 1.29 is 4.79 Å². The minimum Gasteiger partial charge on any atom is -0.340 e. The van der Waals surface area contributed by atoms with Crippen molar-refractivity contribution >= 4 is 17.5 Å². The normalized spacial score (nSPS) is 10.5. The lowest BCUT2D eigenvalue weighted by molar-refractivity contribution is 0.0773. The molecule has 0 saturated heterocycles. The number of halogens is 1. The number of hydrogen-bond acceptors (Lipinski definition) is 2. The second-order valence-corrected chi connectivity index (χ2v) is 4.38. The number of carbonyl (C=O) groups is 1. The Bertz CT molecular complexity index is 335. The molecular formula is C11H15ClN2O. The molecule has 1 rings (SSSR count). The number of carbonyl (C=O) groups excluding carboxylic acids is 1. The highest BCUT2D eigenvalue weighted by atomic mass is 35.5. The number of nitrogens with zero attached hydrogens (tertiary/aromatic N) is 2. The van der Waals surface area contributed by atoms with Crippen molar-refractivity contribution in [1.29, 1.82) is 0 Å². The summed E-state index contributed by atoms with van der Waals surface area (Å²) < 4.78 is 0. The first-order chi connectivity index (χ1) is 7.00. The van der Waals surface area contributed by atoms with E-state index in [1.165, 1.54) is 6.20 Å². The van der Waals surface area contributed by atoms with Gasteiger partial charge in [0.05, 0.1) is 5.02 Å². The molecule has 1 amide bonds. The first-order valence-electron chi connectivity index (χ1n) is 4.87. The van der Waals surface area contributed by atoms with Crippen LogP contribution in [0.15, 0.2) is 18.3 Å². The molecule has 0 bridgehead atoms. The van der Waals surface area contributed by atoms with Gasteiger partial charge in [-0.1, -0.05) is 25.4 Å². The van der Waals surface area contributed by atoms with Gasteiger partial charge in [-0.05, 0) is 18.1 Å². The van der Waals surface area contributed by atoms with Gasteiger partial charge in [0.1, 0.15) is 5.69 Å². The highest BCUT2D eigenvalue weighted by molar-refractivity contribution is 6.30. The minimum atomic E-state index is -0.0691. The Balaban J connectivity index is 2.72. The zero-order chi connectivity index (χ0) is 11.4. The van der Waals surface area contributed by atoms with Crippen LogP contribution in [-0.2, 0) is 0 Å². The van der Waals surface area contributed by atoms with E-state index in [1.807, 2.05) is 0 Å². The summed E-state index contributed by atoms with van der Waals surface area (Å²) in [4.78, 5) is 17.5. The van der Waals surface area contributed by atoms with Gasteiger partial charge in [-0.2, -0.15) is 0 Å². The van der Waals surface area contributed by atoms with Crippen LogP contribution in [0.2, 0.25) is 5.02 Å². The van der Waals surface area contributed by atoms with Crippen LogP contribution in [0.5, 0.6) is 0 Å². The maximum Gasteiger partial charge on any atom is 0.272 e. The van der Waals surface area contributed by atoms with E-state index in [1.54, 1.807) is 24.1 Å². The summed E-state index contributed by atoms with van der Waals surface area (Å²) >= 11 is 5.69. The summed E-state index contributed by atoms with van der Waals surface area (Å²) in [5, 5.41) is 0.540. The maximum absolute atomic E-state index is 11.8. The molecule has 0 aliphatic heterocycles. The first-order valence-corrected chi connectivity index (χ1v) is 5.25. The summed E-state index contributed by atoms with van der Waals surface area (Å²) in [5.41, 5.74) is 0.433. The van der Waals surface area contributed by atoms with E-state index in [9.17, 15) is 4.79 Å². The second-order valence-electron chi connectivity index (χ2n) is 3.94. The van der Waals surface area contributed by atoms with E-state index in [0.717, 1.165) is 6.54 Å². The highest BCUT2D eigenvalue weighted by Crippen LogP contribution is 2.08. The van der Waals surface area contributed by atoms with Crippen molar-refractivity contribution in [2.75, 3.05) is 13.6 Å². The van der Waals surface area contributed by atoms with E-state index in [4.69, 9.17) is 11.6 Å². The summed E-state index contributed by atoms with van der Waals surface area (Å²) in [6.07, 6.45) is 1.48. The predicted molar refractivity (Wildman–Crippen MR) is 61.0 cm³/mol. The van der Waals surface area contributed by atoms with Crippen molar-refractivity contribution in [2.24, 2.45) is 5.92 Å². The average molecular weight is 227 g/mol. The van der Waals surface area contributed by atoms with Gasteiger partial charge in [0.2, 0.25) is 0 Å². The molecule has 0 aromatic carbocycles. The first kappa shape index (κ1) is 12.0. The topological polar surface area (TPSA) is 33.2 Å². The zero-order valence-electron chi connectivity index (χ0n) is 9.20. The van der Waals surface area contributed by atoms with Crippen LogP contribution in [0.1, 0.15) is 24.3 Å². The van der Waals surface area contributed by atoms with E-state index in [-0.39, 0.29) is 5.91 Å². The van der Waals surface area contributed by atoms with Crippen LogP contribution < -0.4 is 0 Å². The number of pyridine rings is 1. The molecule has 1 aromatic rings. The fourth-order valence-electron chi connectivity index (χ4n) is 1.33. The molecule has 3 nitrogen and oxygen atoms in total. The fraction of sp³-hybridized carbons (Fsp3) is 0.455. The number of hydrogen-bond donors (Lipinski definition) is 0. The van der Waals surface area contributed by atoms with E-state index in [2.05, 4.69) is 18.8 Å². The molecule has 0 unspecified atom stereocenters. The minimum absolute atomic E-state index is 0.0691. The van der Waals surface area contributed by atoms with Gasteiger partial charge in [0.25, 0.3) is 5.91 Å². The van der Waals surface area contributed by atoms with Crippen LogP contribution in [0.4, 0.5) is 0 Å². The van der Waals surface area contributed by atoms with E-state index < -0.39 is 0 Å². The predicted octanol–water partition coefficient (Wildman–Crippen LogP) is 2.46. The van der Waals surface area contributed by atoms with Gasteiger partial charge < -0.3 is 4.90 Å². The summed E-state index contributed by atoms with van der Waals surface area (Å²) in [6, 6.07) is 3.31. The molecule has 15 heavy (non-hydrogen) atoms. The van der Waals surface area contributed by atoms with Crippen molar-refractivity contribution in [3.8, 4) is 0 Å². The third-order valence-corrected chi connectivity index (χ3v) is 2.16. The van der Waals surface area contributed by atoms with Gasteiger partial charge in [0.15, 0.2) is 0 Å². The number of amides is 1. The molecule has 1 aromatic heterocycles. The summed E-state index contributed by atoms with van der Waals surface area (Å²) in [7, 11) is 1.78. The van der Waals surface area contributed by atoms with Crippen molar-refractivity contribution in [3.63, 3.8) is 0 Å². The maximum atomic E-state index is 11.8. The smallest absolute Gasteiger partial charge is 0.272 e. The molecule has 1 heterocycles. The summed E-state index contributed by atoms with van der Waals surface area (Å²) in [6.45, 7) is 4.86. The van der Waals surface area contributed by atoms with Gasteiger partial charge in [0, 0.05) is 19.8 Å². The van der Waals surface area contributed by atoms with Crippen LogP contribution >= 0.6 is 11.6 Å². The Morgan fingerprint density at radius 1 is 1.53 bits per heavy atom. The second kappa shape index (κ2) is 5.12. The third-order valence-electron chi connectivity index (χ3n) is 1.93. The molecule has 0 aliphatic carbocycles. The monoisotopic (exact) mass is 226 g/mol. The Kier molecular flexibility index (Phi) is 4.09. The number of rotatable bonds is 3. The third kappa shape index (κ3) is 3.51. The molecule has 0 fully saturated rings. The number of aromatic nitrogens is 1. The molecule has 0 spiro atoms. The lowest BCUT2D eigenvalue weighted by Crippen LogP contribution is -2.30.